The van der Waals surface area contributed by atoms with Gasteiger partial charge in [0.1, 0.15) is 5.75 Å². The number of rotatable bonds is 3. The number of halogens is 2. The Kier molecular flexibility index (Phi) is 4.77. The Labute approximate surface area is 134 Å². The minimum absolute atomic E-state index is 0.0817. The molecule has 2 rings (SSSR count). The predicted molar refractivity (Wildman–Crippen MR) is 89.4 cm³/mol. The van der Waals surface area contributed by atoms with Gasteiger partial charge in [-0.2, -0.15) is 0 Å². The van der Waals surface area contributed by atoms with E-state index in [0.29, 0.717) is 0 Å². The molecule has 0 aromatic heterocycles. The fourth-order valence-corrected chi connectivity index (χ4v) is 3.51. The fraction of sp³-hybridized carbons (Fsp3) is 0.294. The van der Waals surface area contributed by atoms with E-state index >= 15 is 0 Å². The summed E-state index contributed by atoms with van der Waals surface area (Å²) in [5.74, 6) is 0.948. The van der Waals surface area contributed by atoms with Crippen molar-refractivity contribution in [3.63, 3.8) is 0 Å². The Morgan fingerprint density at radius 2 is 1.65 bits per heavy atom. The van der Waals surface area contributed by atoms with Gasteiger partial charge in [-0.15, -0.1) is 0 Å². The molecule has 1 atom stereocenters. The van der Waals surface area contributed by atoms with E-state index < -0.39 is 0 Å². The molecule has 0 amide bonds. The van der Waals surface area contributed by atoms with Gasteiger partial charge in [0, 0.05) is 5.02 Å². The number of hydrogen-bond donors (Lipinski definition) is 0. The molecule has 0 saturated heterocycles. The molecule has 0 spiro atoms. The van der Waals surface area contributed by atoms with Gasteiger partial charge in [-0.1, -0.05) is 57.9 Å². The van der Waals surface area contributed by atoms with Gasteiger partial charge in [0.25, 0.3) is 0 Å². The zero-order valence-corrected chi connectivity index (χ0v) is 14.5. The first-order chi connectivity index (χ1) is 9.45. The maximum atomic E-state index is 6.42. The predicted octanol–water partition coefficient (Wildman–Crippen LogP) is 5.76. The minimum atomic E-state index is 0.0817. The average molecular weight is 354 g/mol. The van der Waals surface area contributed by atoms with Crippen molar-refractivity contribution in [3.8, 4) is 5.75 Å². The lowest BCUT2D eigenvalue weighted by atomic mass is 9.98. The van der Waals surface area contributed by atoms with E-state index in [-0.39, 0.29) is 4.83 Å². The normalized spacial score (nSPS) is 12.3. The van der Waals surface area contributed by atoms with Gasteiger partial charge in [-0.05, 0) is 48.6 Å². The van der Waals surface area contributed by atoms with Crippen molar-refractivity contribution in [1.29, 1.82) is 0 Å². The van der Waals surface area contributed by atoms with E-state index in [1.165, 1.54) is 5.56 Å². The Bertz CT molecular complexity index is 614. The van der Waals surface area contributed by atoms with E-state index in [9.17, 15) is 0 Å². The third-order valence-corrected chi connectivity index (χ3v) is 5.01. The van der Waals surface area contributed by atoms with Crippen LogP contribution in [0.4, 0.5) is 0 Å². The maximum Gasteiger partial charge on any atom is 0.124 e. The van der Waals surface area contributed by atoms with Crippen LogP contribution in [0.15, 0.2) is 30.3 Å². The summed E-state index contributed by atoms with van der Waals surface area (Å²) < 4.78 is 5.42. The van der Waals surface area contributed by atoms with Crippen LogP contribution >= 0.6 is 27.5 Å². The smallest absolute Gasteiger partial charge is 0.124 e. The molecule has 1 nitrogen and oxygen atoms in total. The van der Waals surface area contributed by atoms with Gasteiger partial charge >= 0.3 is 0 Å². The Balaban J connectivity index is 2.49. The van der Waals surface area contributed by atoms with Crippen LogP contribution in [0, 0.1) is 20.8 Å². The molecule has 20 heavy (non-hydrogen) atoms. The standard InChI is InChI=1S/C17H18BrClO/c1-10-6-5-7-14(16(10)19)15(18)13-8-11(2)17(20-4)12(3)9-13/h5-9,15H,1-4H3. The third kappa shape index (κ3) is 2.87. The first-order valence-corrected chi connectivity index (χ1v) is 7.79. The molecule has 0 saturated carbocycles. The molecule has 0 aliphatic rings. The van der Waals surface area contributed by atoms with Crippen LogP contribution in [0.1, 0.15) is 32.6 Å². The number of benzene rings is 2. The summed E-state index contributed by atoms with van der Waals surface area (Å²) in [5, 5.41) is 0.820. The molecule has 2 aromatic carbocycles. The van der Waals surface area contributed by atoms with Crippen LogP contribution in [0.25, 0.3) is 0 Å². The van der Waals surface area contributed by atoms with Crippen LogP contribution in [-0.4, -0.2) is 7.11 Å². The summed E-state index contributed by atoms with van der Waals surface area (Å²) in [4.78, 5) is 0.0817. The fourth-order valence-electron chi connectivity index (χ4n) is 2.50. The van der Waals surface area contributed by atoms with Gasteiger partial charge in [0.2, 0.25) is 0 Å². The molecule has 0 fully saturated rings. The highest BCUT2D eigenvalue weighted by Gasteiger charge is 2.17. The molecule has 0 heterocycles. The van der Waals surface area contributed by atoms with Crippen LogP contribution in [0.3, 0.4) is 0 Å². The van der Waals surface area contributed by atoms with Crippen LogP contribution in [0.2, 0.25) is 5.02 Å². The topological polar surface area (TPSA) is 9.23 Å². The molecular formula is C17H18BrClO. The Morgan fingerprint density at radius 3 is 2.20 bits per heavy atom. The number of aryl methyl sites for hydroxylation is 3. The first kappa shape index (κ1) is 15.4. The minimum Gasteiger partial charge on any atom is -0.496 e. The average Bonchev–Trinajstić information content (AvgIpc) is 2.41. The summed E-state index contributed by atoms with van der Waals surface area (Å²) in [6.45, 7) is 6.15. The quantitative estimate of drug-likeness (QED) is 0.638. The molecule has 3 heteroatoms. The van der Waals surface area contributed by atoms with Crippen molar-refractivity contribution in [2.24, 2.45) is 0 Å². The number of alkyl halides is 1. The second kappa shape index (κ2) is 6.19. The Hall–Kier alpha value is -0.990. The second-order valence-corrected chi connectivity index (χ2v) is 6.32. The van der Waals surface area contributed by atoms with E-state index in [1.54, 1.807) is 7.11 Å². The van der Waals surface area contributed by atoms with Crippen molar-refractivity contribution in [3.05, 3.63) is 63.2 Å². The van der Waals surface area contributed by atoms with Crippen molar-refractivity contribution in [2.75, 3.05) is 7.11 Å². The number of methoxy groups -OCH3 is 1. The van der Waals surface area contributed by atoms with Crippen LogP contribution in [-0.2, 0) is 0 Å². The monoisotopic (exact) mass is 352 g/mol. The SMILES string of the molecule is COc1c(C)cc(C(Br)c2cccc(C)c2Cl)cc1C. The summed E-state index contributed by atoms with van der Waals surface area (Å²) in [7, 11) is 1.71. The number of hydrogen-bond acceptors (Lipinski definition) is 1. The van der Waals surface area contributed by atoms with E-state index in [1.807, 2.05) is 19.1 Å². The molecule has 0 radical (unpaired) electrons. The highest BCUT2D eigenvalue weighted by atomic mass is 79.9. The van der Waals surface area contributed by atoms with Crippen molar-refractivity contribution in [2.45, 2.75) is 25.6 Å². The molecule has 2 aromatic rings. The summed E-state index contributed by atoms with van der Waals surface area (Å²) in [5.41, 5.74) is 5.64. The maximum absolute atomic E-state index is 6.42. The molecule has 0 N–H and O–H groups in total. The summed E-state index contributed by atoms with van der Waals surface area (Å²) >= 11 is 10.2. The molecule has 0 aliphatic carbocycles. The van der Waals surface area contributed by atoms with E-state index in [0.717, 1.165) is 33.0 Å². The number of ether oxygens (including phenoxy) is 1. The first-order valence-electron chi connectivity index (χ1n) is 6.50. The van der Waals surface area contributed by atoms with Gasteiger partial charge in [0.05, 0.1) is 11.9 Å². The molecular weight excluding hydrogens is 336 g/mol. The van der Waals surface area contributed by atoms with Crippen molar-refractivity contribution in [1.82, 2.24) is 0 Å². The molecule has 0 aliphatic heterocycles. The van der Waals surface area contributed by atoms with Crippen LogP contribution < -0.4 is 4.74 Å². The lowest BCUT2D eigenvalue weighted by Gasteiger charge is -2.17. The zero-order chi connectivity index (χ0) is 14.9. The van der Waals surface area contributed by atoms with Crippen molar-refractivity contribution < 1.29 is 4.74 Å². The molecule has 0 bridgehead atoms. The third-order valence-electron chi connectivity index (χ3n) is 3.47. The molecule has 1 unspecified atom stereocenters. The lowest BCUT2D eigenvalue weighted by molar-refractivity contribution is 0.408. The highest BCUT2D eigenvalue weighted by molar-refractivity contribution is 9.09. The highest BCUT2D eigenvalue weighted by Crippen LogP contribution is 2.38. The van der Waals surface area contributed by atoms with Gasteiger partial charge in [-0.25, -0.2) is 0 Å². The summed E-state index contributed by atoms with van der Waals surface area (Å²) in [6, 6.07) is 10.4. The largest absolute Gasteiger partial charge is 0.496 e. The van der Waals surface area contributed by atoms with Crippen LogP contribution in [0.5, 0.6) is 5.75 Å². The Morgan fingerprint density at radius 1 is 1.05 bits per heavy atom. The van der Waals surface area contributed by atoms with E-state index in [2.05, 4.69) is 48.0 Å². The molecule has 106 valence electrons. The van der Waals surface area contributed by atoms with Gasteiger partial charge in [-0.3, -0.25) is 0 Å². The second-order valence-electron chi connectivity index (χ2n) is 5.03. The van der Waals surface area contributed by atoms with Crippen molar-refractivity contribution >= 4 is 27.5 Å². The van der Waals surface area contributed by atoms with Gasteiger partial charge < -0.3 is 4.74 Å². The lowest BCUT2D eigenvalue weighted by Crippen LogP contribution is -1.99. The van der Waals surface area contributed by atoms with E-state index in [4.69, 9.17) is 16.3 Å². The van der Waals surface area contributed by atoms with Gasteiger partial charge in [0.15, 0.2) is 0 Å². The zero-order valence-electron chi connectivity index (χ0n) is 12.1. The summed E-state index contributed by atoms with van der Waals surface area (Å²) in [6.07, 6.45) is 0.